The smallest absolute Gasteiger partial charge is 0.235 e. The fourth-order valence-corrected chi connectivity index (χ4v) is 2.46. The Morgan fingerprint density at radius 2 is 1.58 bits per heavy atom. The first-order chi connectivity index (χ1) is 11.6. The molecule has 0 bridgehead atoms. The first kappa shape index (κ1) is 15.7. The van der Waals surface area contributed by atoms with Crippen LogP contribution in [-0.4, -0.2) is 26.4 Å². The van der Waals surface area contributed by atoms with Gasteiger partial charge in [-0.15, -0.1) is 0 Å². The van der Waals surface area contributed by atoms with E-state index in [0.717, 1.165) is 0 Å². The van der Waals surface area contributed by atoms with E-state index in [1.54, 1.807) is 36.4 Å². The van der Waals surface area contributed by atoms with Crippen molar-refractivity contribution < 1.29 is 23.7 Å². The van der Waals surface area contributed by atoms with E-state index in [-0.39, 0.29) is 11.1 Å². The van der Waals surface area contributed by atoms with E-state index < -0.39 is 11.2 Å². The summed E-state index contributed by atoms with van der Waals surface area (Å²) in [4.78, 5) is 12.4. The van der Waals surface area contributed by atoms with Crippen molar-refractivity contribution in [2.75, 3.05) is 21.3 Å². The number of rotatable bonds is 4. The highest BCUT2D eigenvalue weighted by atomic mass is 16.5. The molecule has 0 fully saturated rings. The van der Waals surface area contributed by atoms with Crippen molar-refractivity contribution in [1.82, 2.24) is 0 Å². The predicted octanol–water partition coefficient (Wildman–Crippen LogP) is 3.19. The second-order valence-electron chi connectivity index (χ2n) is 5.04. The van der Waals surface area contributed by atoms with E-state index in [4.69, 9.17) is 18.6 Å². The van der Waals surface area contributed by atoms with Crippen LogP contribution in [0.25, 0.3) is 22.3 Å². The van der Waals surface area contributed by atoms with Gasteiger partial charge < -0.3 is 23.7 Å². The number of hydrogen-bond acceptors (Lipinski definition) is 6. The molecule has 1 heterocycles. The Morgan fingerprint density at radius 1 is 0.917 bits per heavy atom. The molecule has 24 heavy (non-hydrogen) atoms. The quantitative estimate of drug-likeness (QED) is 0.792. The third-order valence-corrected chi connectivity index (χ3v) is 3.73. The lowest BCUT2D eigenvalue weighted by Crippen LogP contribution is -2.03. The van der Waals surface area contributed by atoms with Crippen LogP contribution in [0.15, 0.2) is 45.6 Å². The molecule has 0 aliphatic heterocycles. The molecule has 0 unspecified atom stereocenters. The van der Waals surface area contributed by atoms with Crippen LogP contribution < -0.4 is 19.6 Å². The Hall–Kier alpha value is -3.15. The molecule has 6 nitrogen and oxygen atoms in total. The van der Waals surface area contributed by atoms with Crippen LogP contribution in [0.3, 0.4) is 0 Å². The molecule has 2 aromatic carbocycles. The maximum absolute atomic E-state index is 12.4. The van der Waals surface area contributed by atoms with Crippen LogP contribution in [0, 0.1) is 0 Å². The summed E-state index contributed by atoms with van der Waals surface area (Å²) >= 11 is 0. The number of benzene rings is 2. The average Bonchev–Trinajstić information content (AvgIpc) is 2.63. The van der Waals surface area contributed by atoms with Crippen molar-refractivity contribution in [2.45, 2.75) is 0 Å². The zero-order valence-corrected chi connectivity index (χ0v) is 13.5. The fraction of sp³-hybridized carbons (Fsp3) is 0.167. The molecule has 0 spiro atoms. The minimum atomic E-state index is -0.522. The largest absolute Gasteiger partial charge is 0.502 e. The van der Waals surface area contributed by atoms with Gasteiger partial charge in [0.2, 0.25) is 11.2 Å². The summed E-state index contributed by atoms with van der Waals surface area (Å²) in [5, 5.41) is 10.6. The van der Waals surface area contributed by atoms with Crippen LogP contribution in [0.4, 0.5) is 0 Å². The van der Waals surface area contributed by atoms with Crippen LogP contribution >= 0.6 is 0 Å². The van der Waals surface area contributed by atoms with E-state index in [1.165, 1.54) is 21.3 Å². The van der Waals surface area contributed by atoms with E-state index in [9.17, 15) is 9.90 Å². The Labute approximate surface area is 137 Å². The molecule has 0 amide bonds. The molecule has 0 saturated carbocycles. The van der Waals surface area contributed by atoms with Gasteiger partial charge in [-0.2, -0.15) is 0 Å². The van der Waals surface area contributed by atoms with Crippen molar-refractivity contribution in [2.24, 2.45) is 0 Å². The number of fused-ring (bicyclic) bond motifs is 1. The van der Waals surface area contributed by atoms with Gasteiger partial charge in [-0.3, -0.25) is 4.79 Å². The highest BCUT2D eigenvalue weighted by Gasteiger charge is 2.19. The van der Waals surface area contributed by atoms with Crippen molar-refractivity contribution >= 4 is 11.0 Å². The van der Waals surface area contributed by atoms with E-state index in [2.05, 4.69) is 0 Å². The Balaban J connectivity index is 2.30. The summed E-state index contributed by atoms with van der Waals surface area (Å²) in [6, 6.07) is 9.76. The first-order valence-corrected chi connectivity index (χ1v) is 7.15. The summed E-state index contributed by atoms with van der Waals surface area (Å²) in [6.07, 6.45) is 0. The van der Waals surface area contributed by atoms with Crippen molar-refractivity contribution in [3.05, 3.63) is 46.6 Å². The minimum Gasteiger partial charge on any atom is -0.502 e. The maximum atomic E-state index is 12.4. The van der Waals surface area contributed by atoms with Crippen molar-refractivity contribution in [3.8, 4) is 34.3 Å². The van der Waals surface area contributed by atoms with Crippen molar-refractivity contribution in [1.29, 1.82) is 0 Å². The molecule has 3 aromatic rings. The van der Waals surface area contributed by atoms with Gasteiger partial charge in [-0.1, -0.05) is 0 Å². The van der Waals surface area contributed by atoms with Crippen LogP contribution in [-0.2, 0) is 0 Å². The molecule has 0 aliphatic carbocycles. The lowest BCUT2D eigenvalue weighted by Gasteiger charge is -2.11. The second-order valence-corrected chi connectivity index (χ2v) is 5.04. The molecule has 124 valence electrons. The zero-order valence-electron chi connectivity index (χ0n) is 13.5. The third-order valence-electron chi connectivity index (χ3n) is 3.73. The van der Waals surface area contributed by atoms with Crippen LogP contribution in [0.5, 0.6) is 23.0 Å². The molecule has 0 saturated heterocycles. The molecule has 1 aromatic heterocycles. The molecule has 3 rings (SSSR count). The molecular formula is C18H16O6. The van der Waals surface area contributed by atoms with Gasteiger partial charge in [-0.25, -0.2) is 0 Å². The predicted molar refractivity (Wildman–Crippen MR) is 89.2 cm³/mol. The number of ether oxygens (including phenoxy) is 3. The highest BCUT2D eigenvalue weighted by molar-refractivity contribution is 5.84. The normalized spacial score (nSPS) is 10.6. The number of aromatic hydroxyl groups is 1. The van der Waals surface area contributed by atoms with Crippen LogP contribution in [0.2, 0.25) is 0 Å². The number of hydrogen-bond donors (Lipinski definition) is 1. The van der Waals surface area contributed by atoms with Gasteiger partial charge in [0.1, 0.15) is 22.8 Å². The summed E-state index contributed by atoms with van der Waals surface area (Å²) in [5.74, 6) is 1.09. The van der Waals surface area contributed by atoms with E-state index in [1.807, 2.05) is 0 Å². The highest BCUT2D eigenvalue weighted by Crippen LogP contribution is 2.38. The van der Waals surface area contributed by atoms with Crippen LogP contribution in [0.1, 0.15) is 0 Å². The van der Waals surface area contributed by atoms with E-state index in [0.29, 0.717) is 28.4 Å². The lowest BCUT2D eigenvalue weighted by molar-refractivity contribution is 0.393. The average molecular weight is 328 g/mol. The van der Waals surface area contributed by atoms with Gasteiger partial charge in [0.15, 0.2) is 5.76 Å². The van der Waals surface area contributed by atoms with Gasteiger partial charge >= 0.3 is 0 Å². The van der Waals surface area contributed by atoms with Gasteiger partial charge in [0.05, 0.1) is 32.3 Å². The topological polar surface area (TPSA) is 78.1 Å². The van der Waals surface area contributed by atoms with Gasteiger partial charge in [-0.05, 0) is 24.3 Å². The minimum absolute atomic E-state index is 0.0280. The van der Waals surface area contributed by atoms with Gasteiger partial charge in [0, 0.05) is 12.1 Å². The molecule has 6 heteroatoms. The zero-order chi connectivity index (χ0) is 17.3. The summed E-state index contributed by atoms with van der Waals surface area (Å²) in [7, 11) is 4.54. The molecule has 0 aliphatic rings. The maximum Gasteiger partial charge on any atom is 0.235 e. The first-order valence-electron chi connectivity index (χ1n) is 7.15. The van der Waals surface area contributed by atoms with Crippen molar-refractivity contribution in [3.63, 3.8) is 0 Å². The summed E-state index contributed by atoms with van der Waals surface area (Å²) in [6.45, 7) is 0. The molecule has 0 radical (unpaired) electrons. The second kappa shape index (κ2) is 6.16. The Bertz CT molecular complexity index is 958. The van der Waals surface area contributed by atoms with E-state index >= 15 is 0 Å². The molecule has 1 N–H and O–H groups in total. The lowest BCUT2D eigenvalue weighted by atomic mass is 10.1. The Kier molecular flexibility index (Phi) is 4.04. The SMILES string of the molecule is COc1ccc(-c2oc3cc(OC)ccc3c(=O)c2O)c(OC)c1. The summed E-state index contributed by atoms with van der Waals surface area (Å²) in [5.41, 5.74) is 0.231. The summed E-state index contributed by atoms with van der Waals surface area (Å²) < 4.78 is 21.4. The third kappa shape index (κ3) is 2.52. The fourth-order valence-electron chi connectivity index (χ4n) is 2.46. The monoisotopic (exact) mass is 328 g/mol. The van der Waals surface area contributed by atoms with Gasteiger partial charge in [0.25, 0.3) is 0 Å². The molecule has 0 atom stereocenters. The Morgan fingerprint density at radius 3 is 2.25 bits per heavy atom. The number of methoxy groups -OCH3 is 3. The molecular weight excluding hydrogens is 312 g/mol. The standard InChI is InChI=1S/C18H16O6/c1-21-10-5-7-13(14(8-10)23-3)18-17(20)16(19)12-6-4-11(22-2)9-15(12)24-18/h4-9,20H,1-3H3.